The molecule has 35 heavy (non-hydrogen) atoms. The van der Waals surface area contributed by atoms with Gasteiger partial charge in [0.1, 0.15) is 0 Å². The number of pyridine rings is 1. The summed E-state index contributed by atoms with van der Waals surface area (Å²) < 4.78 is 6.05. The number of Topliss-reactive ketones (excluding diaryl/α,β-unsaturated/α-hetero) is 3. The molecule has 1 spiro atoms. The molecule has 0 amide bonds. The minimum atomic E-state index is -2.67. The van der Waals surface area contributed by atoms with Crippen molar-refractivity contribution in [1.82, 2.24) is 4.98 Å². The SMILES string of the molecule is O=C1c2ccccc2C(=O)C12O[C@@]1(O)c3ccccc3C(=O)[C@]1(O)[C@@H]2c1ccc2ccccc2n1. The van der Waals surface area contributed by atoms with Crippen molar-refractivity contribution in [2.45, 2.75) is 22.9 Å². The molecule has 2 heterocycles. The molecule has 7 rings (SSSR count). The number of fused-ring (bicyclic) bond motifs is 5. The van der Waals surface area contributed by atoms with E-state index in [9.17, 15) is 24.6 Å². The van der Waals surface area contributed by atoms with Crippen molar-refractivity contribution in [1.29, 1.82) is 0 Å². The monoisotopic (exact) mass is 463 g/mol. The molecule has 7 nitrogen and oxygen atoms in total. The van der Waals surface area contributed by atoms with Gasteiger partial charge in [0.2, 0.25) is 28.7 Å². The smallest absolute Gasteiger partial charge is 0.233 e. The van der Waals surface area contributed by atoms with Crippen LogP contribution < -0.4 is 0 Å². The number of hydrogen-bond acceptors (Lipinski definition) is 7. The molecule has 0 saturated carbocycles. The maximum atomic E-state index is 13.9. The lowest BCUT2D eigenvalue weighted by Gasteiger charge is -2.32. The summed E-state index contributed by atoms with van der Waals surface area (Å²) in [4.78, 5) is 46.2. The fourth-order valence-electron chi connectivity index (χ4n) is 5.99. The standard InChI is InChI=1S/C28H17NO6/c30-23-16-8-2-3-9-17(16)24(31)26(23)22(21-14-13-15-7-1-6-12-20(15)29-21)27(33)25(32)18-10-4-5-11-19(18)28(27,34)35-26/h1-14,22,33-34H/t22-,27-,28+/m1/s1. The van der Waals surface area contributed by atoms with Crippen LogP contribution in [0.3, 0.4) is 0 Å². The summed E-state index contributed by atoms with van der Waals surface area (Å²) in [5.74, 6) is -6.51. The number of ketones is 3. The molecule has 1 aromatic heterocycles. The molecule has 7 heteroatoms. The van der Waals surface area contributed by atoms with Crippen molar-refractivity contribution in [2.24, 2.45) is 0 Å². The van der Waals surface area contributed by atoms with Crippen LogP contribution >= 0.6 is 0 Å². The van der Waals surface area contributed by atoms with Crippen LogP contribution in [-0.4, -0.2) is 43.7 Å². The highest BCUT2D eigenvalue weighted by atomic mass is 16.7. The summed E-state index contributed by atoms with van der Waals surface area (Å²) in [6, 6.07) is 22.8. The molecule has 2 N–H and O–H groups in total. The van der Waals surface area contributed by atoms with Crippen LogP contribution in [-0.2, 0) is 10.5 Å². The zero-order valence-corrected chi connectivity index (χ0v) is 18.1. The third-order valence-electron chi connectivity index (χ3n) is 7.54. The first-order valence-corrected chi connectivity index (χ1v) is 11.2. The van der Waals surface area contributed by atoms with Gasteiger partial charge in [-0.05, 0) is 12.1 Å². The second-order valence-corrected chi connectivity index (χ2v) is 9.19. The maximum Gasteiger partial charge on any atom is 0.233 e. The summed E-state index contributed by atoms with van der Waals surface area (Å²) in [6.45, 7) is 0. The number of para-hydroxylation sites is 1. The molecular formula is C28H17NO6. The lowest BCUT2D eigenvalue weighted by atomic mass is 9.70. The minimum absolute atomic E-state index is 0.00622. The maximum absolute atomic E-state index is 13.9. The van der Waals surface area contributed by atoms with Crippen molar-refractivity contribution in [3.05, 3.63) is 113 Å². The van der Waals surface area contributed by atoms with Gasteiger partial charge in [0, 0.05) is 27.6 Å². The van der Waals surface area contributed by atoms with Crippen molar-refractivity contribution < 1.29 is 29.3 Å². The summed E-state index contributed by atoms with van der Waals surface area (Å²) in [6.07, 6.45) is 0. The number of ether oxygens (including phenoxy) is 1. The van der Waals surface area contributed by atoms with Crippen molar-refractivity contribution in [3.8, 4) is 0 Å². The summed E-state index contributed by atoms with van der Waals surface area (Å²) in [5, 5.41) is 24.8. The van der Waals surface area contributed by atoms with Crippen LogP contribution in [0.25, 0.3) is 10.9 Å². The number of nitrogens with zero attached hydrogens (tertiary/aromatic N) is 1. The first-order chi connectivity index (χ1) is 16.8. The van der Waals surface area contributed by atoms with Gasteiger partial charge in [0.05, 0.1) is 17.1 Å². The van der Waals surface area contributed by atoms with Gasteiger partial charge in [-0.2, -0.15) is 0 Å². The van der Waals surface area contributed by atoms with Crippen molar-refractivity contribution >= 4 is 28.3 Å². The molecule has 1 aliphatic heterocycles. The molecule has 0 unspecified atom stereocenters. The summed E-state index contributed by atoms with van der Waals surface area (Å²) in [7, 11) is 0. The third kappa shape index (κ3) is 2.13. The average Bonchev–Trinajstić information content (AvgIpc) is 3.31. The molecule has 2 aliphatic carbocycles. The van der Waals surface area contributed by atoms with E-state index in [0.717, 1.165) is 5.39 Å². The van der Waals surface area contributed by atoms with Crippen LogP contribution in [0.15, 0.2) is 84.9 Å². The van der Waals surface area contributed by atoms with Crippen molar-refractivity contribution in [2.75, 3.05) is 0 Å². The van der Waals surface area contributed by atoms with Gasteiger partial charge in [-0.15, -0.1) is 0 Å². The van der Waals surface area contributed by atoms with Crippen LogP contribution in [0.1, 0.15) is 48.2 Å². The Hall–Kier alpha value is -4.04. The number of benzene rings is 3. The second-order valence-electron chi connectivity index (χ2n) is 9.19. The van der Waals surface area contributed by atoms with E-state index in [1.54, 1.807) is 48.5 Å². The zero-order valence-electron chi connectivity index (χ0n) is 18.1. The number of rotatable bonds is 1. The molecule has 170 valence electrons. The number of aromatic nitrogens is 1. The Balaban J connectivity index is 1.57. The Morgan fingerprint density at radius 2 is 1.29 bits per heavy atom. The highest BCUT2D eigenvalue weighted by Crippen LogP contribution is 2.65. The lowest BCUT2D eigenvalue weighted by molar-refractivity contribution is -0.255. The number of carbonyl (C=O) groups is 3. The van der Waals surface area contributed by atoms with E-state index in [2.05, 4.69) is 4.98 Å². The topological polar surface area (TPSA) is 114 Å². The van der Waals surface area contributed by atoms with Crippen LogP contribution in [0.4, 0.5) is 0 Å². The Kier molecular flexibility index (Phi) is 3.68. The molecule has 3 aromatic carbocycles. The van der Waals surface area contributed by atoms with Gasteiger partial charge >= 0.3 is 0 Å². The van der Waals surface area contributed by atoms with Gasteiger partial charge in [0.15, 0.2) is 5.60 Å². The first kappa shape index (κ1) is 20.3. The van der Waals surface area contributed by atoms with Gasteiger partial charge in [-0.1, -0.05) is 72.8 Å². The minimum Gasteiger partial charge on any atom is -0.376 e. The molecule has 1 saturated heterocycles. The molecule has 4 aromatic rings. The highest BCUT2D eigenvalue weighted by Gasteiger charge is 2.83. The van der Waals surface area contributed by atoms with E-state index in [4.69, 9.17) is 4.74 Å². The van der Waals surface area contributed by atoms with E-state index in [0.29, 0.717) is 5.52 Å². The number of aliphatic hydroxyl groups is 2. The van der Waals surface area contributed by atoms with E-state index in [1.807, 2.05) is 12.1 Å². The third-order valence-corrected chi connectivity index (χ3v) is 7.54. The van der Waals surface area contributed by atoms with Gasteiger partial charge < -0.3 is 14.9 Å². The Bertz CT molecular complexity index is 1610. The number of carbonyl (C=O) groups excluding carboxylic acids is 3. The van der Waals surface area contributed by atoms with Crippen molar-refractivity contribution in [3.63, 3.8) is 0 Å². The number of hydrogen-bond donors (Lipinski definition) is 2. The van der Waals surface area contributed by atoms with Gasteiger partial charge in [-0.25, -0.2) is 0 Å². The molecule has 3 atom stereocenters. The Morgan fingerprint density at radius 3 is 2.00 bits per heavy atom. The van der Waals surface area contributed by atoms with Gasteiger partial charge in [-0.3, -0.25) is 19.4 Å². The van der Waals surface area contributed by atoms with E-state index < -0.39 is 40.3 Å². The molecule has 3 aliphatic rings. The second kappa shape index (κ2) is 6.34. The van der Waals surface area contributed by atoms with Crippen LogP contribution in [0.2, 0.25) is 0 Å². The quantitative estimate of drug-likeness (QED) is 0.417. The summed E-state index contributed by atoms with van der Waals surface area (Å²) >= 11 is 0. The van der Waals surface area contributed by atoms with Gasteiger partial charge in [0.25, 0.3) is 0 Å². The predicted molar refractivity (Wildman–Crippen MR) is 123 cm³/mol. The largest absolute Gasteiger partial charge is 0.376 e. The van der Waals surface area contributed by atoms with E-state index in [1.165, 1.54) is 24.3 Å². The molecule has 1 fully saturated rings. The predicted octanol–water partition coefficient (Wildman–Crippen LogP) is 2.94. The fourth-order valence-corrected chi connectivity index (χ4v) is 5.99. The Labute approximate surface area is 198 Å². The molecule has 0 radical (unpaired) electrons. The Morgan fingerprint density at radius 1 is 0.686 bits per heavy atom. The van der Waals surface area contributed by atoms with Crippen LogP contribution in [0, 0.1) is 0 Å². The molecular weight excluding hydrogens is 446 g/mol. The van der Waals surface area contributed by atoms with Crippen LogP contribution in [0.5, 0.6) is 0 Å². The molecule has 0 bridgehead atoms. The normalized spacial score (nSPS) is 27.9. The summed E-state index contributed by atoms with van der Waals surface area (Å²) in [5.41, 5.74) is -4.12. The lowest BCUT2D eigenvalue weighted by Crippen LogP contribution is -2.54. The highest BCUT2D eigenvalue weighted by molar-refractivity contribution is 6.34. The van der Waals surface area contributed by atoms with E-state index >= 15 is 0 Å². The van der Waals surface area contributed by atoms with E-state index in [-0.39, 0.29) is 27.9 Å². The first-order valence-electron chi connectivity index (χ1n) is 11.2. The fraction of sp³-hybridized carbons (Fsp3) is 0.143. The average molecular weight is 463 g/mol. The zero-order chi connectivity index (χ0) is 24.2.